The fraction of sp³-hybridized carbons (Fsp3) is 0.684. The molecule has 1 heteroatoms. The van der Waals surface area contributed by atoms with E-state index in [1.54, 1.807) is 11.1 Å². The molecular weight excluding hydrogens is 242 g/mol. The van der Waals surface area contributed by atoms with Gasteiger partial charge in [-0.2, -0.15) is 0 Å². The minimum absolute atomic E-state index is 0.541. The molecule has 0 heterocycles. The summed E-state index contributed by atoms with van der Waals surface area (Å²) >= 11 is 0. The molecule has 0 aromatic heterocycles. The monoisotopic (exact) mass is 271 g/mol. The summed E-state index contributed by atoms with van der Waals surface area (Å²) < 4.78 is 0. The van der Waals surface area contributed by atoms with Crippen molar-refractivity contribution in [3.63, 3.8) is 0 Å². The molecule has 0 amide bonds. The number of fused-ring (bicyclic) bond motifs is 1. The van der Waals surface area contributed by atoms with Crippen molar-refractivity contribution in [3.8, 4) is 0 Å². The highest BCUT2D eigenvalue weighted by Crippen LogP contribution is 2.46. The van der Waals surface area contributed by atoms with Crippen LogP contribution in [0.3, 0.4) is 0 Å². The van der Waals surface area contributed by atoms with E-state index in [-0.39, 0.29) is 0 Å². The molecule has 1 aromatic carbocycles. The predicted molar refractivity (Wildman–Crippen MR) is 86.2 cm³/mol. The van der Waals surface area contributed by atoms with Crippen molar-refractivity contribution in [1.29, 1.82) is 0 Å². The maximum atomic E-state index is 3.88. The molecule has 2 aliphatic rings. The molecule has 0 saturated heterocycles. The molecule has 1 nitrogen and oxygen atoms in total. The van der Waals surface area contributed by atoms with Gasteiger partial charge in [0.15, 0.2) is 0 Å². The fourth-order valence-corrected chi connectivity index (χ4v) is 4.32. The highest BCUT2D eigenvalue weighted by atomic mass is 14.9. The van der Waals surface area contributed by atoms with Crippen molar-refractivity contribution in [2.24, 2.45) is 5.41 Å². The molecule has 0 spiro atoms. The quantitative estimate of drug-likeness (QED) is 0.793. The van der Waals surface area contributed by atoms with Crippen LogP contribution in [0.2, 0.25) is 0 Å². The van der Waals surface area contributed by atoms with Gasteiger partial charge in [-0.25, -0.2) is 0 Å². The third-order valence-corrected chi connectivity index (χ3v) is 5.71. The zero-order chi connectivity index (χ0) is 14.0. The van der Waals surface area contributed by atoms with Crippen LogP contribution < -0.4 is 5.32 Å². The van der Waals surface area contributed by atoms with E-state index in [2.05, 4.69) is 43.4 Å². The predicted octanol–water partition coefficient (Wildman–Crippen LogP) is 4.66. The maximum absolute atomic E-state index is 3.88. The summed E-state index contributed by atoms with van der Waals surface area (Å²) in [6.07, 6.45) is 9.59. The lowest BCUT2D eigenvalue weighted by atomic mass is 9.69. The second-order valence-corrected chi connectivity index (χ2v) is 7.20. The van der Waals surface area contributed by atoms with E-state index < -0.39 is 0 Å². The van der Waals surface area contributed by atoms with Gasteiger partial charge in [0.2, 0.25) is 0 Å². The highest BCUT2D eigenvalue weighted by Gasteiger charge is 2.39. The third-order valence-electron chi connectivity index (χ3n) is 5.71. The van der Waals surface area contributed by atoms with Crippen LogP contribution in [0.1, 0.15) is 69.4 Å². The van der Waals surface area contributed by atoms with E-state index in [0.29, 0.717) is 11.5 Å². The maximum Gasteiger partial charge on any atom is 0.0127 e. The van der Waals surface area contributed by atoms with Gasteiger partial charge in [-0.3, -0.25) is 0 Å². The second-order valence-electron chi connectivity index (χ2n) is 7.20. The van der Waals surface area contributed by atoms with Gasteiger partial charge in [0.05, 0.1) is 0 Å². The number of benzene rings is 1. The van der Waals surface area contributed by atoms with Crippen LogP contribution in [0, 0.1) is 5.41 Å². The normalized spacial score (nSPS) is 25.0. The summed E-state index contributed by atoms with van der Waals surface area (Å²) in [6, 6.07) is 9.74. The minimum atomic E-state index is 0.541. The fourth-order valence-electron chi connectivity index (χ4n) is 4.32. The molecule has 1 N–H and O–H groups in total. The van der Waals surface area contributed by atoms with Gasteiger partial charge < -0.3 is 5.32 Å². The van der Waals surface area contributed by atoms with Crippen LogP contribution in [-0.2, 0) is 6.42 Å². The summed E-state index contributed by atoms with van der Waals surface area (Å²) in [5.74, 6) is 0.804. The van der Waals surface area contributed by atoms with E-state index in [0.717, 1.165) is 5.92 Å². The Hall–Kier alpha value is -0.820. The molecule has 0 bridgehead atoms. The summed E-state index contributed by atoms with van der Waals surface area (Å²) in [6.45, 7) is 5.98. The Kier molecular flexibility index (Phi) is 4.16. The molecule has 0 radical (unpaired) electrons. The number of hydrogen-bond acceptors (Lipinski definition) is 1. The van der Waals surface area contributed by atoms with E-state index in [1.165, 1.54) is 51.5 Å². The first-order valence-corrected chi connectivity index (χ1v) is 8.54. The van der Waals surface area contributed by atoms with Crippen LogP contribution in [-0.4, -0.2) is 12.6 Å². The third kappa shape index (κ3) is 2.65. The van der Waals surface area contributed by atoms with Gasteiger partial charge in [-0.1, -0.05) is 51.0 Å². The molecule has 110 valence electrons. The smallest absolute Gasteiger partial charge is 0.0127 e. The van der Waals surface area contributed by atoms with E-state index in [9.17, 15) is 0 Å². The molecule has 1 aromatic rings. The van der Waals surface area contributed by atoms with E-state index >= 15 is 0 Å². The van der Waals surface area contributed by atoms with Gasteiger partial charge in [0.25, 0.3) is 0 Å². The molecule has 2 unspecified atom stereocenters. The Morgan fingerprint density at radius 2 is 2.00 bits per heavy atom. The average Bonchev–Trinajstić information content (AvgIpc) is 2.87. The summed E-state index contributed by atoms with van der Waals surface area (Å²) in [4.78, 5) is 0. The number of hydrogen-bond donors (Lipinski definition) is 1. The molecule has 1 saturated carbocycles. The molecule has 3 rings (SSSR count). The van der Waals surface area contributed by atoms with Gasteiger partial charge >= 0.3 is 0 Å². The first-order valence-electron chi connectivity index (χ1n) is 8.54. The zero-order valence-corrected chi connectivity index (χ0v) is 13.1. The molecule has 20 heavy (non-hydrogen) atoms. The summed E-state index contributed by atoms with van der Waals surface area (Å²) in [5, 5.41) is 3.88. The first kappa shape index (κ1) is 14.1. The van der Waals surface area contributed by atoms with Gasteiger partial charge in [-0.15, -0.1) is 0 Å². The lowest BCUT2D eigenvalue weighted by molar-refractivity contribution is 0.197. The van der Waals surface area contributed by atoms with Crippen LogP contribution in [0.25, 0.3) is 0 Å². The van der Waals surface area contributed by atoms with Crippen molar-refractivity contribution < 1.29 is 0 Å². The Labute approximate surface area is 124 Å². The topological polar surface area (TPSA) is 12.0 Å². The minimum Gasteiger partial charge on any atom is -0.313 e. The zero-order valence-electron chi connectivity index (χ0n) is 13.1. The van der Waals surface area contributed by atoms with Crippen molar-refractivity contribution >= 4 is 0 Å². The lowest BCUT2D eigenvalue weighted by Crippen LogP contribution is -2.44. The SMILES string of the molecule is CCCNC(CC1Cc2ccccc21)C1(C)CCCC1. The largest absolute Gasteiger partial charge is 0.313 e. The number of rotatable bonds is 6. The molecular formula is C19H29N. The van der Waals surface area contributed by atoms with E-state index in [1.807, 2.05) is 0 Å². The molecule has 2 atom stereocenters. The summed E-state index contributed by atoms with van der Waals surface area (Å²) in [7, 11) is 0. The van der Waals surface area contributed by atoms with Crippen LogP contribution >= 0.6 is 0 Å². The van der Waals surface area contributed by atoms with Crippen LogP contribution in [0.4, 0.5) is 0 Å². The van der Waals surface area contributed by atoms with Gasteiger partial charge in [-0.05, 0) is 61.1 Å². The Balaban J connectivity index is 1.68. The van der Waals surface area contributed by atoms with Gasteiger partial charge in [0.1, 0.15) is 0 Å². The standard InChI is InChI=1S/C19H29N/c1-3-12-20-18(19(2)10-6-7-11-19)14-16-13-15-8-4-5-9-17(15)16/h4-5,8-9,16,18,20H,3,6-7,10-14H2,1-2H3. The van der Waals surface area contributed by atoms with Crippen LogP contribution in [0.15, 0.2) is 24.3 Å². The van der Waals surface area contributed by atoms with Crippen molar-refractivity contribution in [2.75, 3.05) is 6.54 Å². The second kappa shape index (κ2) is 5.89. The van der Waals surface area contributed by atoms with Gasteiger partial charge in [0, 0.05) is 6.04 Å². The van der Waals surface area contributed by atoms with Crippen molar-refractivity contribution in [3.05, 3.63) is 35.4 Å². The highest BCUT2D eigenvalue weighted by molar-refractivity contribution is 5.40. The molecule has 2 aliphatic carbocycles. The lowest BCUT2D eigenvalue weighted by Gasteiger charge is -2.40. The first-order chi connectivity index (χ1) is 9.73. The van der Waals surface area contributed by atoms with E-state index in [4.69, 9.17) is 0 Å². The van der Waals surface area contributed by atoms with Crippen molar-refractivity contribution in [2.45, 2.75) is 70.8 Å². The summed E-state index contributed by atoms with van der Waals surface area (Å²) in [5.41, 5.74) is 3.75. The average molecular weight is 271 g/mol. The Morgan fingerprint density at radius 3 is 2.70 bits per heavy atom. The van der Waals surface area contributed by atoms with Crippen LogP contribution in [0.5, 0.6) is 0 Å². The molecule has 1 fully saturated rings. The Morgan fingerprint density at radius 1 is 1.25 bits per heavy atom. The number of nitrogens with one attached hydrogen (secondary N) is 1. The van der Waals surface area contributed by atoms with Crippen molar-refractivity contribution in [1.82, 2.24) is 5.32 Å². The Bertz CT molecular complexity index is 445. The molecule has 0 aliphatic heterocycles.